The summed E-state index contributed by atoms with van der Waals surface area (Å²) in [4.78, 5) is 2.30. The highest BCUT2D eigenvalue weighted by atomic mass is 16.5. The van der Waals surface area contributed by atoms with Gasteiger partial charge in [0.1, 0.15) is 0 Å². The van der Waals surface area contributed by atoms with Gasteiger partial charge >= 0.3 is 0 Å². The zero-order chi connectivity index (χ0) is 31.7. The number of fused-ring (bicyclic) bond motifs is 3. The first kappa shape index (κ1) is 29.1. The smallest absolute Gasteiger partial charge is 0.161 e. The second kappa shape index (κ2) is 12.0. The third kappa shape index (κ3) is 4.55. The Morgan fingerprint density at radius 2 is 0.870 bits per heavy atom. The molecule has 0 N–H and O–H groups in total. The summed E-state index contributed by atoms with van der Waals surface area (Å²) in [6.07, 6.45) is 0. The summed E-state index contributed by atoms with van der Waals surface area (Å²) in [5.41, 5.74) is 9.26. The van der Waals surface area contributed by atoms with Crippen molar-refractivity contribution >= 4 is 17.1 Å². The lowest BCUT2D eigenvalue weighted by atomic mass is 9.67. The summed E-state index contributed by atoms with van der Waals surface area (Å²) in [6.45, 7) is 0. The van der Waals surface area contributed by atoms with Gasteiger partial charge in [0.25, 0.3) is 0 Å². The molecule has 0 bridgehead atoms. The minimum absolute atomic E-state index is 0.664. The van der Waals surface area contributed by atoms with Crippen LogP contribution in [-0.2, 0) is 5.41 Å². The molecule has 228 valence electrons. The van der Waals surface area contributed by atoms with E-state index in [0.29, 0.717) is 23.0 Å². The van der Waals surface area contributed by atoms with Crippen LogP contribution in [-0.4, -0.2) is 28.4 Å². The minimum atomic E-state index is -0.722. The van der Waals surface area contributed by atoms with Gasteiger partial charge in [0.05, 0.1) is 33.9 Å². The molecule has 0 amide bonds. The average Bonchev–Trinajstić information content (AvgIpc) is 3.42. The van der Waals surface area contributed by atoms with Crippen molar-refractivity contribution in [1.29, 1.82) is 0 Å². The molecule has 1 aliphatic carbocycles. The minimum Gasteiger partial charge on any atom is -0.493 e. The summed E-state index contributed by atoms with van der Waals surface area (Å²) >= 11 is 0. The summed E-state index contributed by atoms with van der Waals surface area (Å²) in [5, 5.41) is 0. The van der Waals surface area contributed by atoms with Gasteiger partial charge in [-0.1, -0.05) is 78.9 Å². The number of ether oxygens (including phenoxy) is 4. The fraction of sp³-hybridized carbons (Fsp3) is 0.122. The van der Waals surface area contributed by atoms with Gasteiger partial charge in [0, 0.05) is 17.1 Å². The Hall–Kier alpha value is -5.68. The van der Waals surface area contributed by atoms with Gasteiger partial charge in [0.15, 0.2) is 23.0 Å². The summed E-state index contributed by atoms with van der Waals surface area (Å²) in [7, 11) is 6.68. The third-order valence-corrected chi connectivity index (χ3v) is 8.95. The van der Waals surface area contributed by atoms with E-state index in [9.17, 15) is 0 Å². The summed E-state index contributed by atoms with van der Waals surface area (Å²) < 4.78 is 23.1. The molecule has 7 rings (SSSR count). The number of hydrogen-bond acceptors (Lipinski definition) is 5. The number of methoxy groups -OCH3 is 4. The Labute approximate surface area is 270 Å². The zero-order valence-corrected chi connectivity index (χ0v) is 26.4. The molecule has 0 heterocycles. The Balaban J connectivity index is 1.58. The van der Waals surface area contributed by atoms with Crippen LogP contribution >= 0.6 is 0 Å². The van der Waals surface area contributed by atoms with Crippen LogP contribution < -0.4 is 23.8 Å². The molecule has 0 fully saturated rings. The first-order valence-electron chi connectivity index (χ1n) is 15.2. The van der Waals surface area contributed by atoms with Crippen molar-refractivity contribution in [2.45, 2.75) is 5.41 Å². The Kier molecular flexibility index (Phi) is 7.59. The van der Waals surface area contributed by atoms with Crippen molar-refractivity contribution in [3.63, 3.8) is 0 Å². The molecule has 1 aliphatic rings. The van der Waals surface area contributed by atoms with E-state index in [-0.39, 0.29) is 0 Å². The molecule has 0 radical (unpaired) electrons. The van der Waals surface area contributed by atoms with Crippen LogP contribution in [0.15, 0.2) is 140 Å². The van der Waals surface area contributed by atoms with Crippen molar-refractivity contribution in [1.82, 2.24) is 0 Å². The fourth-order valence-electron chi connectivity index (χ4n) is 6.94. The van der Waals surface area contributed by atoms with Gasteiger partial charge in [-0.25, -0.2) is 0 Å². The van der Waals surface area contributed by atoms with Gasteiger partial charge in [0.2, 0.25) is 0 Å². The van der Waals surface area contributed by atoms with Crippen LogP contribution in [0.4, 0.5) is 17.1 Å². The Bertz CT molecular complexity index is 1910. The summed E-state index contributed by atoms with van der Waals surface area (Å²) in [6, 6.07) is 48.9. The summed E-state index contributed by atoms with van der Waals surface area (Å²) in [5.74, 6) is 2.68. The van der Waals surface area contributed by atoms with Crippen LogP contribution in [0.25, 0.3) is 11.1 Å². The first-order chi connectivity index (χ1) is 22.6. The van der Waals surface area contributed by atoms with Crippen LogP contribution in [0.3, 0.4) is 0 Å². The Morgan fingerprint density at radius 1 is 0.391 bits per heavy atom. The Morgan fingerprint density at radius 3 is 1.39 bits per heavy atom. The van der Waals surface area contributed by atoms with E-state index >= 15 is 0 Å². The second-order valence-electron chi connectivity index (χ2n) is 11.2. The molecule has 6 aromatic rings. The van der Waals surface area contributed by atoms with E-state index in [0.717, 1.165) is 33.8 Å². The van der Waals surface area contributed by atoms with Gasteiger partial charge < -0.3 is 23.8 Å². The normalized spacial score (nSPS) is 12.5. The predicted molar refractivity (Wildman–Crippen MR) is 185 cm³/mol. The number of anilines is 3. The standard InChI is InChI=1S/C41H35NO4/c1-43-37-23-19-28(25-39(37)45-3)41(29-20-24-38(44-2)40(26-29)46-4)35-18-12-11-17-33(35)34-22-21-32(27-36(34)41)42(30-13-7-5-8-14-30)31-15-9-6-10-16-31/h5-27H,1-4H3. The number of nitrogens with zero attached hydrogens (tertiary/aromatic N) is 1. The van der Waals surface area contributed by atoms with Crippen molar-refractivity contribution < 1.29 is 18.9 Å². The van der Waals surface area contributed by atoms with Gasteiger partial charge in [-0.05, 0) is 94.0 Å². The van der Waals surface area contributed by atoms with Crippen LogP contribution in [0, 0.1) is 0 Å². The number of hydrogen-bond donors (Lipinski definition) is 0. The molecule has 6 aromatic carbocycles. The van der Waals surface area contributed by atoms with Crippen LogP contribution in [0.2, 0.25) is 0 Å². The third-order valence-electron chi connectivity index (χ3n) is 8.95. The van der Waals surface area contributed by atoms with Crippen molar-refractivity contribution in [3.8, 4) is 34.1 Å². The van der Waals surface area contributed by atoms with E-state index in [2.05, 4.69) is 120 Å². The lowest BCUT2D eigenvalue weighted by Gasteiger charge is -2.35. The van der Waals surface area contributed by atoms with Crippen molar-refractivity contribution in [2.24, 2.45) is 0 Å². The van der Waals surface area contributed by atoms with E-state index in [4.69, 9.17) is 18.9 Å². The molecule has 0 atom stereocenters. The molecule has 46 heavy (non-hydrogen) atoms. The van der Waals surface area contributed by atoms with E-state index in [1.54, 1.807) is 28.4 Å². The van der Waals surface area contributed by atoms with E-state index in [1.165, 1.54) is 16.7 Å². The lowest BCUT2D eigenvalue weighted by molar-refractivity contribution is 0.353. The highest BCUT2D eigenvalue weighted by molar-refractivity contribution is 5.89. The fourth-order valence-corrected chi connectivity index (χ4v) is 6.94. The van der Waals surface area contributed by atoms with Crippen molar-refractivity contribution in [2.75, 3.05) is 33.3 Å². The average molecular weight is 606 g/mol. The molecule has 0 saturated carbocycles. The maximum Gasteiger partial charge on any atom is 0.161 e. The van der Waals surface area contributed by atoms with Crippen LogP contribution in [0.1, 0.15) is 22.3 Å². The SMILES string of the molecule is COc1ccc(C2(c3ccc(OC)c(OC)c3)c3ccccc3-c3ccc(N(c4ccccc4)c4ccccc4)cc32)cc1OC. The monoisotopic (exact) mass is 605 g/mol. The first-order valence-corrected chi connectivity index (χ1v) is 15.2. The molecule has 0 spiro atoms. The van der Waals surface area contributed by atoms with Gasteiger partial charge in [-0.15, -0.1) is 0 Å². The maximum atomic E-state index is 5.87. The zero-order valence-electron chi connectivity index (χ0n) is 26.4. The quantitative estimate of drug-likeness (QED) is 0.164. The highest BCUT2D eigenvalue weighted by Crippen LogP contribution is 2.58. The number of para-hydroxylation sites is 2. The lowest BCUT2D eigenvalue weighted by Crippen LogP contribution is -2.29. The van der Waals surface area contributed by atoms with Gasteiger partial charge in [-0.2, -0.15) is 0 Å². The van der Waals surface area contributed by atoms with E-state index < -0.39 is 5.41 Å². The molecule has 5 nitrogen and oxygen atoms in total. The largest absolute Gasteiger partial charge is 0.493 e. The second-order valence-corrected chi connectivity index (χ2v) is 11.2. The van der Waals surface area contributed by atoms with Crippen LogP contribution in [0.5, 0.6) is 23.0 Å². The molecular formula is C41H35NO4. The molecule has 0 saturated heterocycles. The molecule has 5 heteroatoms. The molecule has 0 aromatic heterocycles. The molecular weight excluding hydrogens is 570 g/mol. The molecule has 0 aliphatic heterocycles. The molecule has 0 unspecified atom stereocenters. The van der Waals surface area contributed by atoms with Crippen molar-refractivity contribution in [3.05, 3.63) is 162 Å². The highest BCUT2D eigenvalue weighted by Gasteiger charge is 2.47. The number of rotatable bonds is 9. The van der Waals surface area contributed by atoms with E-state index in [1.807, 2.05) is 24.3 Å². The predicted octanol–water partition coefficient (Wildman–Crippen LogP) is 9.55. The maximum absolute atomic E-state index is 5.87. The topological polar surface area (TPSA) is 40.2 Å². The van der Waals surface area contributed by atoms with Gasteiger partial charge in [-0.3, -0.25) is 0 Å². The number of benzene rings is 6.